The van der Waals surface area contributed by atoms with Crippen LogP contribution in [0.5, 0.6) is 17.2 Å². The molecule has 0 aliphatic rings. The van der Waals surface area contributed by atoms with Crippen molar-refractivity contribution in [3.8, 4) is 17.2 Å². The summed E-state index contributed by atoms with van der Waals surface area (Å²) in [6, 6.07) is 14.4. The topological polar surface area (TPSA) is 122 Å². The highest BCUT2D eigenvalue weighted by Gasteiger charge is 2.17. The van der Waals surface area contributed by atoms with Gasteiger partial charge in [-0.1, -0.05) is 53.0 Å². The summed E-state index contributed by atoms with van der Waals surface area (Å²) < 4.78 is 10.7. The molecule has 35 heavy (non-hydrogen) atoms. The summed E-state index contributed by atoms with van der Waals surface area (Å²) in [6.07, 6.45) is -0.581. The highest BCUT2D eigenvalue weighted by molar-refractivity contribution is 6.37. The van der Waals surface area contributed by atoms with E-state index in [9.17, 15) is 19.5 Å². The second-order valence-electron chi connectivity index (χ2n) is 7.50. The molecule has 0 atom stereocenters. The highest BCUT2D eigenvalue weighted by Crippen LogP contribution is 2.38. The van der Waals surface area contributed by atoms with Crippen molar-refractivity contribution in [2.45, 2.75) is 13.3 Å². The molecule has 3 rings (SSSR count). The second-order valence-corrected chi connectivity index (χ2v) is 8.31. The number of ketones is 1. The molecule has 0 saturated carbocycles. The van der Waals surface area contributed by atoms with Crippen LogP contribution in [-0.2, 0) is 16.0 Å². The Morgan fingerprint density at radius 1 is 0.971 bits per heavy atom. The van der Waals surface area contributed by atoms with Crippen molar-refractivity contribution >= 4 is 41.0 Å². The van der Waals surface area contributed by atoms with Gasteiger partial charge in [0.2, 0.25) is 0 Å². The van der Waals surface area contributed by atoms with E-state index in [-0.39, 0.29) is 51.7 Å². The summed E-state index contributed by atoms with van der Waals surface area (Å²) in [4.78, 5) is 34.7. The van der Waals surface area contributed by atoms with Crippen LogP contribution in [0, 0.1) is 6.92 Å². The van der Waals surface area contributed by atoms with Gasteiger partial charge >= 0.3 is 12.1 Å². The molecule has 0 radical (unpaired) electrons. The number of phenolic OH excluding ortho intramolecular Hbond substituents is 1. The lowest BCUT2D eigenvalue weighted by Crippen LogP contribution is -2.30. The van der Waals surface area contributed by atoms with Gasteiger partial charge in [-0.05, 0) is 42.8 Å². The number of carboxylic acid groups (broad SMARTS) is 1. The average Bonchev–Trinajstić information content (AvgIpc) is 2.81. The number of carboxylic acids is 1. The Morgan fingerprint density at radius 2 is 1.63 bits per heavy atom. The number of halogens is 2. The zero-order valence-electron chi connectivity index (χ0n) is 18.5. The smallest absolute Gasteiger partial charge is 0.407 e. The van der Waals surface area contributed by atoms with Crippen molar-refractivity contribution in [3.63, 3.8) is 0 Å². The molecule has 0 unspecified atom stereocenters. The molecule has 0 spiro atoms. The maximum atomic E-state index is 12.8. The van der Waals surface area contributed by atoms with Crippen molar-refractivity contribution in [1.29, 1.82) is 0 Å². The first-order valence-electron chi connectivity index (χ1n) is 10.4. The van der Waals surface area contributed by atoms with E-state index >= 15 is 0 Å². The van der Waals surface area contributed by atoms with Crippen LogP contribution in [0.2, 0.25) is 10.0 Å². The minimum Gasteiger partial charge on any atom is -0.507 e. The van der Waals surface area contributed by atoms with E-state index in [4.69, 9.17) is 37.8 Å². The molecule has 0 heterocycles. The van der Waals surface area contributed by atoms with Gasteiger partial charge in [0.05, 0.1) is 22.2 Å². The predicted octanol–water partition coefficient (Wildman–Crippen LogP) is 5.38. The third kappa shape index (κ3) is 7.11. The maximum absolute atomic E-state index is 12.8. The first kappa shape index (κ1) is 25.9. The predicted molar refractivity (Wildman–Crippen MR) is 130 cm³/mol. The summed E-state index contributed by atoms with van der Waals surface area (Å²) >= 11 is 12.7. The summed E-state index contributed by atoms with van der Waals surface area (Å²) in [6.45, 7) is 1.34. The molecule has 0 bridgehead atoms. The van der Waals surface area contributed by atoms with E-state index in [0.29, 0.717) is 11.1 Å². The van der Waals surface area contributed by atoms with Gasteiger partial charge in [0.15, 0.2) is 11.5 Å². The number of benzene rings is 3. The zero-order chi connectivity index (χ0) is 25.5. The van der Waals surface area contributed by atoms with Crippen LogP contribution >= 0.6 is 23.2 Å². The van der Waals surface area contributed by atoms with Crippen LogP contribution in [0.1, 0.15) is 27.0 Å². The van der Waals surface area contributed by atoms with Gasteiger partial charge < -0.3 is 25.0 Å². The number of carbonyl (C=O) groups is 3. The van der Waals surface area contributed by atoms with E-state index in [2.05, 4.69) is 5.32 Å². The first-order chi connectivity index (χ1) is 16.6. The largest absolute Gasteiger partial charge is 0.507 e. The normalized spacial score (nSPS) is 10.5. The number of hydrogen-bond acceptors (Lipinski definition) is 6. The lowest BCUT2D eigenvalue weighted by molar-refractivity contribution is -0.135. The molecular formula is C25H21Cl2NO7. The van der Waals surface area contributed by atoms with Gasteiger partial charge in [0, 0.05) is 12.0 Å². The lowest BCUT2D eigenvalue weighted by atomic mass is 10.0. The number of phenols is 1. The van der Waals surface area contributed by atoms with E-state index in [0.717, 1.165) is 5.56 Å². The third-order valence-electron chi connectivity index (χ3n) is 4.81. The number of aromatic hydroxyl groups is 1. The number of aliphatic carboxylic acids is 1. The number of alkyl carbamates (subject to hydrolysis) is 1. The molecule has 0 aromatic heterocycles. The minimum absolute atomic E-state index is 0.0270. The van der Waals surface area contributed by atoms with Crippen molar-refractivity contribution in [3.05, 3.63) is 86.9 Å². The first-order valence-corrected chi connectivity index (χ1v) is 11.1. The molecule has 3 aromatic carbocycles. The minimum atomic E-state index is -1.18. The molecule has 0 aliphatic carbocycles. The van der Waals surface area contributed by atoms with Gasteiger partial charge in [-0.2, -0.15) is 0 Å². The van der Waals surface area contributed by atoms with Crippen LogP contribution in [-0.4, -0.2) is 41.2 Å². The Balaban J connectivity index is 1.70. The van der Waals surface area contributed by atoms with E-state index < -0.39 is 18.6 Å². The van der Waals surface area contributed by atoms with E-state index in [1.165, 1.54) is 18.2 Å². The van der Waals surface area contributed by atoms with Crippen LogP contribution in [0.3, 0.4) is 0 Å². The Bertz CT molecular complexity index is 1240. The van der Waals surface area contributed by atoms with Gasteiger partial charge in [-0.25, -0.2) is 4.79 Å². The van der Waals surface area contributed by atoms with Gasteiger partial charge in [0.25, 0.3) is 0 Å². The molecule has 10 heteroatoms. The van der Waals surface area contributed by atoms with Crippen LogP contribution in [0.15, 0.2) is 54.6 Å². The summed E-state index contributed by atoms with van der Waals surface area (Å²) in [5, 5.41) is 21.2. The third-order valence-corrected chi connectivity index (χ3v) is 5.37. The monoisotopic (exact) mass is 517 g/mol. The van der Waals surface area contributed by atoms with E-state index in [1.807, 2.05) is 6.92 Å². The van der Waals surface area contributed by atoms with Crippen molar-refractivity contribution in [2.24, 2.45) is 0 Å². The standard InChI is InChI=1S/C25H21Cl2NO7/c1-14-2-4-16(5-3-14)23(32)18-12-17(6-7-21(18)29)35-24-19(26)10-15(11-20(24)27)8-9-34-25(33)28-13-22(30)31/h2-7,10-12,29H,8-9,13H2,1H3,(H,28,33)(H,30,31). The second kappa shape index (κ2) is 11.6. The van der Waals surface area contributed by atoms with E-state index in [1.54, 1.807) is 36.4 Å². The molecule has 8 nitrogen and oxygen atoms in total. The fourth-order valence-electron chi connectivity index (χ4n) is 3.05. The number of aryl methyl sites for hydroxylation is 1. The molecule has 182 valence electrons. The number of nitrogens with one attached hydrogen (secondary N) is 1. The SMILES string of the molecule is Cc1ccc(C(=O)c2cc(Oc3c(Cl)cc(CCOC(=O)NCC(=O)O)cc3Cl)ccc2O)cc1. The Labute approximate surface area is 211 Å². The van der Waals surface area contributed by atoms with Crippen molar-refractivity contribution in [2.75, 3.05) is 13.2 Å². The molecule has 0 saturated heterocycles. The molecular weight excluding hydrogens is 497 g/mol. The molecule has 1 amide bonds. The number of hydrogen-bond donors (Lipinski definition) is 3. The van der Waals surface area contributed by atoms with Gasteiger partial charge in [-0.15, -0.1) is 0 Å². The summed E-state index contributed by atoms with van der Waals surface area (Å²) in [5.74, 6) is -1.35. The Morgan fingerprint density at radius 3 is 2.26 bits per heavy atom. The van der Waals surface area contributed by atoms with Gasteiger partial charge in [0.1, 0.15) is 18.0 Å². The zero-order valence-corrected chi connectivity index (χ0v) is 20.0. The molecule has 0 aliphatic heterocycles. The van der Waals surface area contributed by atoms with Crippen molar-refractivity contribution < 1.29 is 34.1 Å². The summed E-state index contributed by atoms with van der Waals surface area (Å²) in [5.41, 5.74) is 2.14. The Hall–Kier alpha value is -3.75. The van der Waals surface area contributed by atoms with Crippen LogP contribution in [0.4, 0.5) is 4.79 Å². The van der Waals surface area contributed by atoms with Crippen molar-refractivity contribution in [1.82, 2.24) is 5.32 Å². The Kier molecular flexibility index (Phi) is 8.57. The molecule has 3 N–H and O–H groups in total. The highest BCUT2D eigenvalue weighted by atomic mass is 35.5. The molecule has 0 fully saturated rings. The number of amides is 1. The number of carbonyl (C=O) groups excluding carboxylic acids is 2. The molecule has 3 aromatic rings. The fourth-order valence-corrected chi connectivity index (χ4v) is 3.66. The van der Waals surface area contributed by atoms with Crippen LogP contribution < -0.4 is 10.1 Å². The number of ether oxygens (including phenoxy) is 2. The number of rotatable bonds is 9. The fraction of sp³-hybridized carbons (Fsp3) is 0.160. The summed E-state index contributed by atoms with van der Waals surface area (Å²) in [7, 11) is 0. The average molecular weight is 518 g/mol. The maximum Gasteiger partial charge on any atom is 0.407 e. The quantitative estimate of drug-likeness (QED) is 0.325. The lowest BCUT2D eigenvalue weighted by Gasteiger charge is -2.13. The van der Waals surface area contributed by atoms with Crippen LogP contribution in [0.25, 0.3) is 0 Å². The van der Waals surface area contributed by atoms with Gasteiger partial charge in [-0.3, -0.25) is 9.59 Å².